The Bertz CT molecular complexity index is 1380. The van der Waals surface area contributed by atoms with E-state index >= 15 is 0 Å². The topological polar surface area (TPSA) is 115 Å². The molecule has 1 amide bonds. The molecule has 2 aromatic carbocycles. The van der Waals surface area contributed by atoms with Gasteiger partial charge in [-0.3, -0.25) is 9.48 Å². The van der Waals surface area contributed by atoms with Gasteiger partial charge in [-0.05, 0) is 62.1 Å². The number of nitrogens with zero attached hydrogens (tertiary/aromatic N) is 2. The summed E-state index contributed by atoms with van der Waals surface area (Å²) in [6.07, 6.45) is 4.92. The van der Waals surface area contributed by atoms with Gasteiger partial charge in [-0.1, -0.05) is 24.0 Å². The third kappa shape index (κ3) is 4.52. The number of aliphatic hydroxyl groups excluding tert-OH is 1. The van der Waals surface area contributed by atoms with Gasteiger partial charge in [-0.25, -0.2) is 8.42 Å². The first-order valence-corrected chi connectivity index (χ1v) is 12.7. The zero-order chi connectivity index (χ0) is 23.9. The van der Waals surface area contributed by atoms with Gasteiger partial charge in [0.15, 0.2) is 9.84 Å². The fraction of sp³-hybridized carbons (Fsp3) is 0.360. The maximum Gasteiger partial charge on any atom is 0.238 e. The molecule has 33 heavy (non-hydrogen) atoms. The van der Waals surface area contributed by atoms with Gasteiger partial charge >= 0.3 is 0 Å². The molecule has 1 aliphatic rings. The highest BCUT2D eigenvalue weighted by molar-refractivity contribution is 7.92. The molecule has 0 saturated heterocycles. The fourth-order valence-corrected chi connectivity index (χ4v) is 4.66. The quantitative estimate of drug-likeness (QED) is 0.519. The normalized spacial score (nSPS) is 16.6. The summed E-state index contributed by atoms with van der Waals surface area (Å²) >= 11 is 0. The number of sulfone groups is 1. The second-order valence-electron chi connectivity index (χ2n) is 9.05. The van der Waals surface area contributed by atoms with Crippen LogP contribution in [0.5, 0.6) is 0 Å². The van der Waals surface area contributed by atoms with Crippen LogP contribution in [0, 0.1) is 11.8 Å². The van der Waals surface area contributed by atoms with Gasteiger partial charge < -0.3 is 10.8 Å². The standard InChI is InChI=1S/C25H27N3O4S/c1-24(23(26)30,33(2,31)32)13-14-28-16-20-15-19(7-10-22(20)27-28)4-3-18-5-8-21(9-6-18)25(17-29)11-12-25/h5-10,15-16,29H,11-14,17H2,1-2H3,(H2,26,30). The molecule has 1 heterocycles. The number of aromatic nitrogens is 2. The van der Waals surface area contributed by atoms with Crippen LogP contribution in [0.15, 0.2) is 48.7 Å². The molecule has 0 bridgehead atoms. The Hall–Kier alpha value is -3.15. The Morgan fingerprint density at radius 3 is 2.39 bits per heavy atom. The van der Waals surface area contributed by atoms with Gasteiger partial charge in [0.2, 0.25) is 5.91 Å². The molecule has 1 atom stereocenters. The second kappa shape index (κ2) is 8.32. The molecular weight excluding hydrogens is 438 g/mol. The van der Waals surface area contributed by atoms with Gasteiger partial charge in [0.05, 0.1) is 12.1 Å². The first kappa shape index (κ1) is 23.0. The van der Waals surface area contributed by atoms with E-state index < -0.39 is 20.5 Å². The molecule has 0 spiro atoms. The molecule has 172 valence electrons. The number of hydrogen-bond acceptors (Lipinski definition) is 5. The molecule has 3 aromatic rings. The summed E-state index contributed by atoms with van der Waals surface area (Å²) in [4.78, 5) is 11.8. The van der Waals surface area contributed by atoms with E-state index in [9.17, 15) is 18.3 Å². The van der Waals surface area contributed by atoms with Crippen LogP contribution in [0.2, 0.25) is 0 Å². The van der Waals surface area contributed by atoms with E-state index in [-0.39, 0.29) is 25.0 Å². The lowest BCUT2D eigenvalue weighted by Gasteiger charge is -2.23. The molecule has 1 saturated carbocycles. The van der Waals surface area contributed by atoms with Crippen LogP contribution in [0.3, 0.4) is 0 Å². The number of carbonyl (C=O) groups excluding carboxylic acids is 1. The Morgan fingerprint density at radius 1 is 1.18 bits per heavy atom. The Balaban J connectivity index is 1.49. The van der Waals surface area contributed by atoms with Crippen LogP contribution < -0.4 is 5.73 Å². The maximum absolute atomic E-state index is 12.1. The minimum absolute atomic E-state index is 0.0371. The van der Waals surface area contributed by atoms with Crippen LogP contribution in [0.25, 0.3) is 10.9 Å². The number of hydrogen-bond donors (Lipinski definition) is 2. The van der Waals surface area contributed by atoms with Gasteiger partial charge in [0, 0.05) is 40.9 Å². The average Bonchev–Trinajstić information content (AvgIpc) is 3.48. The lowest BCUT2D eigenvalue weighted by molar-refractivity contribution is -0.120. The summed E-state index contributed by atoms with van der Waals surface area (Å²) in [7, 11) is -3.66. The molecule has 1 aliphatic carbocycles. The molecule has 1 fully saturated rings. The minimum atomic E-state index is -3.66. The van der Waals surface area contributed by atoms with Crippen molar-refractivity contribution in [2.24, 2.45) is 5.73 Å². The summed E-state index contributed by atoms with van der Waals surface area (Å²) in [5.41, 5.74) is 8.96. The zero-order valence-electron chi connectivity index (χ0n) is 18.7. The number of primary amides is 1. The third-order valence-electron chi connectivity index (χ3n) is 6.71. The lowest BCUT2D eigenvalue weighted by atomic mass is 9.96. The first-order valence-electron chi connectivity index (χ1n) is 10.8. The molecule has 4 rings (SSSR count). The first-order chi connectivity index (χ1) is 15.6. The van der Waals surface area contributed by atoms with Crippen LogP contribution in [-0.2, 0) is 26.6 Å². The monoisotopic (exact) mass is 465 g/mol. The predicted octanol–water partition coefficient (Wildman–Crippen LogP) is 2.14. The SMILES string of the molecule is CC(CCn1cc2cc(C#Cc3ccc(C4(CO)CC4)cc3)ccc2n1)(C(N)=O)S(C)(=O)=O. The number of aliphatic hydroxyl groups is 1. The summed E-state index contributed by atoms with van der Waals surface area (Å²) < 4.78 is 24.1. The van der Waals surface area contributed by atoms with Crippen molar-refractivity contribution in [3.05, 3.63) is 65.4 Å². The molecule has 0 aliphatic heterocycles. The Labute approximate surface area is 193 Å². The number of aryl methyl sites for hydroxylation is 1. The minimum Gasteiger partial charge on any atom is -0.395 e. The van der Waals surface area contributed by atoms with Gasteiger partial charge in [0.1, 0.15) is 4.75 Å². The summed E-state index contributed by atoms with van der Waals surface area (Å²) in [6, 6.07) is 13.7. The van der Waals surface area contributed by atoms with E-state index in [0.29, 0.717) is 0 Å². The average molecular weight is 466 g/mol. The Kier molecular flexibility index (Phi) is 5.81. The lowest BCUT2D eigenvalue weighted by Crippen LogP contribution is -2.48. The molecule has 1 unspecified atom stereocenters. The molecular formula is C25H27N3O4S. The molecule has 3 N–H and O–H groups in total. The van der Waals surface area contributed by atoms with Crippen molar-refractivity contribution in [2.75, 3.05) is 12.9 Å². The second-order valence-corrected chi connectivity index (χ2v) is 11.5. The third-order valence-corrected chi connectivity index (χ3v) is 8.76. The number of amides is 1. The van der Waals surface area contributed by atoms with Gasteiger partial charge in [-0.2, -0.15) is 5.10 Å². The van der Waals surface area contributed by atoms with Crippen molar-refractivity contribution in [2.45, 2.75) is 42.9 Å². The highest BCUT2D eigenvalue weighted by Gasteiger charge is 2.43. The van der Waals surface area contributed by atoms with E-state index in [0.717, 1.165) is 46.7 Å². The largest absolute Gasteiger partial charge is 0.395 e. The van der Waals surface area contributed by atoms with Crippen LogP contribution >= 0.6 is 0 Å². The van der Waals surface area contributed by atoms with Gasteiger partial charge in [-0.15, -0.1) is 0 Å². The van der Waals surface area contributed by atoms with E-state index in [1.165, 1.54) is 6.92 Å². The molecule has 8 heteroatoms. The zero-order valence-corrected chi connectivity index (χ0v) is 19.5. The molecule has 1 aromatic heterocycles. The smallest absolute Gasteiger partial charge is 0.238 e. The van der Waals surface area contributed by atoms with Crippen LogP contribution in [-0.4, -0.2) is 46.8 Å². The summed E-state index contributed by atoms with van der Waals surface area (Å²) in [6.45, 7) is 1.77. The predicted molar refractivity (Wildman–Crippen MR) is 127 cm³/mol. The van der Waals surface area contributed by atoms with E-state index in [1.54, 1.807) is 4.68 Å². The van der Waals surface area contributed by atoms with Gasteiger partial charge in [0.25, 0.3) is 0 Å². The molecule has 0 radical (unpaired) electrons. The van der Waals surface area contributed by atoms with E-state index in [4.69, 9.17) is 5.73 Å². The number of rotatable bonds is 7. The highest BCUT2D eigenvalue weighted by Crippen LogP contribution is 2.47. The van der Waals surface area contributed by atoms with Crippen LogP contribution in [0.1, 0.15) is 42.9 Å². The van der Waals surface area contributed by atoms with Crippen molar-refractivity contribution < 1.29 is 18.3 Å². The van der Waals surface area contributed by atoms with Crippen molar-refractivity contribution in [1.29, 1.82) is 0 Å². The number of carbonyl (C=O) groups is 1. The highest BCUT2D eigenvalue weighted by atomic mass is 32.2. The van der Waals surface area contributed by atoms with Crippen molar-refractivity contribution >= 4 is 26.6 Å². The molecule has 7 nitrogen and oxygen atoms in total. The number of benzene rings is 2. The summed E-state index contributed by atoms with van der Waals surface area (Å²) in [5.74, 6) is 5.47. The van der Waals surface area contributed by atoms with E-state index in [2.05, 4.69) is 16.9 Å². The fourth-order valence-electron chi connectivity index (χ4n) is 3.83. The Morgan fingerprint density at radius 2 is 1.82 bits per heavy atom. The van der Waals surface area contributed by atoms with Crippen molar-refractivity contribution in [3.63, 3.8) is 0 Å². The number of nitrogens with two attached hydrogens (primary N) is 1. The van der Waals surface area contributed by atoms with Crippen molar-refractivity contribution in [3.8, 4) is 11.8 Å². The summed E-state index contributed by atoms with van der Waals surface area (Å²) in [5, 5.41) is 14.9. The number of fused-ring (bicyclic) bond motifs is 1. The van der Waals surface area contributed by atoms with Crippen LogP contribution in [0.4, 0.5) is 0 Å². The maximum atomic E-state index is 12.1. The van der Waals surface area contributed by atoms with E-state index in [1.807, 2.05) is 48.7 Å². The van der Waals surface area contributed by atoms with Crippen molar-refractivity contribution in [1.82, 2.24) is 9.78 Å².